The third kappa shape index (κ3) is 3.34. The van der Waals surface area contributed by atoms with Gasteiger partial charge in [-0.15, -0.1) is 12.4 Å². The van der Waals surface area contributed by atoms with Crippen LogP contribution in [0.3, 0.4) is 0 Å². The molecule has 3 rings (SSSR count). The van der Waals surface area contributed by atoms with Crippen LogP contribution in [0, 0.1) is 0 Å². The predicted molar refractivity (Wildman–Crippen MR) is 72.0 cm³/mol. The maximum absolute atomic E-state index is 5.24. The van der Waals surface area contributed by atoms with E-state index < -0.39 is 0 Å². The van der Waals surface area contributed by atoms with Crippen LogP contribution in [0.5, 0.6) is 0 Å². The SMILES string of the molecule is CC1CN(Cc2nc(-c3ccco3)no2)CCN1.Cl. The van der Waals surface area contributed by atoms with Crippen molar-refractivity contribution >= 4 is 12.4 Å². The fourth-order valence-corrected chi connectivity index (χ4v) is 2.17. The van der Waals surface area contributed by atoms with Crippen molar-refractivity contribution in [2.45, 2.75) is 19.5 Å². The van der Waals surface area contributed by atoms with E-state index in [0.29, 0.717) is 30.1 Å². The molecule has 0 aliphatic carbocycles. The number of furan rings is 1. The van der Waals surface area contributed by atoms with Gasteiger partial charge in [-0.1, -0.05) is 5.16 Å². The molecule has 1 fully saturated rings. The van der Waals surface area contributed by atoms with E-state index in [4.69, 9.17) is 8.94 Å². The van der Waals surface area contributed by atoms with Crippen molar-refractivity contribution in [3.63, 3.8) is 0 Å². The standard InChI is InChI=1S/C12H16N4O2.ClH/c1-9-7-16(5-4-13-9)8-11-14-12(15-18-11)10-3-2-6-17-10;/h2-3,6,9,13H,4-5,7-8H2,1H3;1H. The molecule has 1 N–H and O–H groups in total. The number of hydrogen-bond acceptors (Lipinski definition) is 6. The molecule has 104 valence electrons. The molecule has 0 amide bonds. The van der Waals surface area contributed by atoms with Gasteiger partial charge >= 0.3 is 0 Å². The van der Waals surface area contributed by atoms with E-state index in [1.165, 1.54) is 0 Å². The van der Waals surface area contributed by atoms with Crippen LogP contribution in [-0.2, 0) is 6.54 Å². The molecule has 1 aliphatic heterocycles. The Kier molecular flexibility index (Phi) is 4.57. The van der Waals surface area contributed by atoms with Crippen molar-refractivity contribution in [2.24, 2.45) is 0 Å². The number of hydrogen-bond donors (Lipinski definition) is 1. The molecular formula is C12H17ClN4O2. The van der Waals surface area contributed by atoms with Crippen LogP contribution in [0.15, 0.2) is 27.3 Å². The first kappa shape index (κ1) is 14.0. The highest BCUT2D eigenvalue weighted by atomic mass is 35.5. The summed E-state index contributed by atoms with van der Waals surface area (Å²) >= 11 is 0. The van der Waals surface area contributed by atoms with Gasteiger partial charge in [0.2, 0.25) is 11.7 Å². The normalized spacial score (nSPS) is 20.2. The van der Waals surface area contributed by atoms with Gasteiger partial charge in [-0.05, 0) is 19.1 Å². The van der Waals surface area contributed by atoms with Crippen molar-refractivity contribution in [3.8, 4) is 11.6 Å². The highest BCUT2D eigenvalue weighted by Gasteiger charge is 2.19. The fourth-order valence-electron chi connectivity index (χ4n) is 2.17. The zero-order chi connectivity index (χ0) is 12.4. The molecule has 7 heteroatoms. The van der Waals surface area contributed by atoms with E-state index in [0.717, 1.165) is 19.6 Å². The molecule has 6 nitrogen and oxygen atoms in total. The maximum Gasteiger partial charge on any atom is 0.241 e. The molecular weight excluding hydrogens is 268 g/mol. The highest BCUT2D eigenvalue weighted by Crippen LogP contribution is 2.16. The summed E-state index contributed by atoms with van der Waals surface area (Å²) in [6.07, 6.45) is 1.60. The van der Waals surface area contributed by atoms with Gasteiger partial charge < -0.3 is 14.3 Å². The zero-order valence-electron chi connectivity index (χ0n) is 10.7. The van der Waals surface area contributed by atoms with Gasteiger partial charge in [0, 0.05) is 25.7 Å². The molecule has 0 saturated carbocycles. The Morgan fingerprint density at radius 2 is 2.42 bits per heavy atom. The predicted octanol–water partition coefficient (Wildman–Crippen LogP) is 1.55. The lowest BCUT2D eigenvalue weighted by Gasteiger charge is -2.30. The number of aromatic nitrogens is 2. The fraction of sp³-hybridized carbons (Fsp3) is 0.500. The molecule has 1 aliphatic rings. The molecule has 1 saturated heterocycles. The van der Waals surface area contributed by atoms with Crippen molar-refractivity contribution in [3.05, 3.63) is 24.3 Å². The van der Waals surface area contributed by atoms with Gasteiger partial charge in [0.25, 0.3) is 0 Å². The van der Waals surface area contributed by atoms with Crippen molar-refractivity contribution in [2.75, 3.05) is 19.6 Å². The van der Waals surface area contributed by atoms with Gasteiger partial charge in [-0.2, -0.15) is 4.98 Å². The average molecular weight is 285 g/mol. The van der Waals surface area contributed by atoms with E-state index in [2.05, 4.69) is 27.3 Å². The molecule has 1 unspecified atom stereocenters. The lowest BCUT2D eigenvalue weighted by atomic mass is 10.2. The first-order valence-electron chi connectivity index (χ1n) is 6.13. The highest BCUT2D eigenvalue weighted by molar-refractivity contribution is 5.85. The quantitative estimate of drug-likeness (QED) is 0.922. The molecule has 0 spiro atoms. The second kappa shape index (κ2) is 6.18. The number of nitrogens with one attached hydrogen (secondary N) is 1. The van der Waals surface area contributed by atoms with Gasteiger partial charge in [0.15, 0.2) is 5.76 Å². The minimum atomic E-state index is 0. The summed E-state index contributed by atoms with van der Waals surface area (Å²) < 4.78 is 10.5. The van der Waals surface area contributed by atoms with E-state index in [1.807, 2.05) is 12.1 Å². The number of halogens is 1. The van der Waals surface area contributed by atoms with Gasteiger partial charge in [0.1, 0.15) is 0 Å². The van der Waals surface area contributed by atoms with Crippen LogP contribution in [0.2, 0.25) is 0 Å². The lowest BCUT2D eigenvalue weighted by molar-refractivity contribution is 0.177. The number of rotatable bonds is 3. The largest absolute Gasteiger partial charge is 0.461 e. The molecule has 3 heterocycles. The summed E-state index contributed by atoms with van der Waals surface area (Å²) in [4.78, 5) is 6.64. The van der Waals surface area contributed by atoms with Gasteiger partial charge in [-0.25, -0.2) is 0 Å². The molecule has 0 bridgehead atoms. The third-order valence-corrected chi connectivity index (χ3v) is 3.02. The first-order valence-corrected chi connectivity index (χ1v) is 6.13. The summed E-state index contributed by atoms with van der Waals surface area (Å²) in [5.74, 6) is 1.78. The summed E-state index contributed by atoms with van der Waals surface area (Å²) in [7, 11) is 0. The van der Waals surface area contributed by atoms with E-state index in [9.17, 15) is 0 Å². The average Bonchev–Trinajstić information content (AvgIpc) is 2.98. The summed E-state index contributed by atoms with van der Waals surface area (Å²) in [5.41, 5.74) is 0. The minimum Gasteiger partial charge on any atom is -0.461 e. The van der Waals surface area contributed by atoms with Crippen LogP contribution in [0.25, 0.3) is 11.6 Å². The van der Waals surface area contributed by atoms with Crippen molar-refractivity contribution in [1.29, 1.82) is 0 Å². The molecule has 19 heavy (non-hydrogen) atoms. The Morgan fingerprint density at radius 3 is 3.16 bits per heavy atom. The minimum absolute atomic E-state index is 0. The molecule has 1 atom stereocenters. The number of nitrogens with zero attached hydrogens (tertiary/aromatic N) is 3. The first-order chi connectivity index (χ1) is 8.81. The molecule has 2 aromatic heterocycles. The van der Waals surface area contributed by atoms with E-state index in [1.54, 1.807) is 6.26 Å². The van der Waals surface area contributed by atoms with Gasteiger partial charge in [-0.3, -0.25) is 4.90 Å². The smallest absolute Gasteiger partial charge is 0.241 e. The third-order valence-electron chi connectivity index (χ3n) is 3.02. The molecule has 0 aromatic carbocycles. The Hall–Kier alpha value is -1.37. The second-order valence-electron chi connectivity index (χ2n) is 4.58. The number of piperazine rings is 1. The topological polar surface area (TPSA) is 67.3 Å². The Labute approximate surface area is 117 Å². The van der Waals surface area contributed by atoms with E-state index >= 15 is 0 Å². The summed E-state index contributed by atoms with van der Waals surface area (Å²) in [6.45, 7) is 5.87. The van der Waals surface area contributed by atoms with Gasteiger partial charge in [0.05, 0.1) is 12.8 Å². The van der Waals surface area contributed by atoms with Crippen LogP contribution < -0.4 is 5.32 Å². The Balaban J connectivity index is 0.00000133. The van der Waals surface area contributed by atoms with Crippen molar-refractivity contribution in [1.82, 2.24) is 20.4 Å². The Bertz CT molecular complexity index is 500. The van der Waals surface area contributed by atoms with Crippen LogP contribution in [0.4, 0.5) is 0 Å². The summed E-state index contributed by atoms with van der Waals surface area (Å²) in [5, 5.41) is 7.32. The second-order valence-corrected chi connectivity index (χ2v) is 4.58. The zero-order valence-corrected chi connectivity index (χ0v) is 11.5. The van der Waals surface area contributed by atoms with Crippen LogP contribution in [-0.4, -0.2) is 40.7 Å². The van der Waals surface area contributed by atoms with Crippen LogP contribution >= 0.6 is 12.4 Å². The maximum atomic E-state index is 5.24. The molecule has 0 radical (unpaired) electrons. The van der Waals surface area contributed by atoms with E-state index in [-0.39, 0.29) is 12.4 Å². The monoisotopic (exact) mass is 284 g/mol. The summed E-state index contributed by atoms with van der Waals surface area (Å²) in [6, 6.07) is 4.14. The van der Waals surface area contributed by atoms with Crippen LogP contribution in [0.1, 0.15) is 12.8 Å². The Morgan fingerprint density at radius 1 is 1.53 bits per heavy atom. The van der Waals surface area contributed by atoms with Crippen molar-refractivity contribution < 1.29 is 8.94 Å². The lowest BCUT2D eigenvalue weighted by Crippen LogP contribution is -2.48. The molecule has 2 aromatic rings.